The van der Waals surface area contributed by atoms with Crippen LogP contribution in [0.3, 0.4) is 0 Å². The van der Waals surface area contributed by atoms with E-state index in [4.69, 9.17) is 4.74 Å². The van der Waals surface area contributed by atoms with E-state index in [0.29, 0.717) is 25.8 Å². The van der Waals surface area contributed by atoms with Crippen LogP contribution in [0.5, 0.6) is 5.75 Å². The lowest BCUT2D eigenvalue weighted by Gasteiger charge is -2.17. The van der Waals surface area contributed by atoms with Crippen LogP contribution in [-0.2, 0) is 16.0 Å². The number of hydrogen-bond donors (Lipinski definition) is 2. The molecule has 0 radical (unpaired) electrons. The van der Waals surface area contributed by atoms with E-state index in [0.717, 1.165) is 28.1 Å². The Labute approximate surface area is 160 Å². The van der Waals surface area contributed by atoms with Gasteiger partial charge in [0.25, 0.3) is 0 Å². The van der Waals surface area contributed by atoms with Gasteiger partial charge in [-0.1, -0.05) is 30.3 Å². The van der Waals surface area contributed by atoms with Crippen LogP contribution in [0.1, 0.15) is 29.5 Å². The topological polar surface area (TPSA) is 67.4 Å². The summed E-state index contributed by atoms with van der Waals surface area (Å²) in [5, 5.41) is 5.86. The average Bonchev–Trinajstić information content (AvgIpc) is 3.47. The van der Waals surface area contributed by atoms with Crippen molar-refractivity contribution in [3.63, 3.8) is 0 Å². The maximum Gasteiger partial charge on any atom is 0.240 e. The second kappa shape index (κ2) is 7.82. The van der Waals surface area contributed by atoms with E-state index in [1.165, 1.54) is 0 Å². The van der Waals surface area contributed by atoms with Crippen molar-refractivity contribution in [1.29, 1.82) is 0 Å². The zero-order valence-electron chi connectivity index (χ0n) is 16.1. The lowest BCUT2D eigenvalue weighted by Crippen LogP contribution is -2.40. The van der Waals surface area contributed by atoms with Crippen molar-refractivity contribution in [3.8, 4) is 5.75 Å². The van der Waals surface area contributed by atoms with Crippen molar-refractivity contribution in [2.75, 3.05) is 19.0 Å². The van der Waals surface area contributed by atoms with Crippen molar-refractivity contribution in [1.82, 2.24) is 5.32 Å². The van der Waals surface area contributed by atoms with E-state index in [1.54, 1.807) is 7.11 Å². The minimum atomic E-state index is -0.934. The predicted octanol–water partition coefficient (Wildman–Crippen LogP) is 3.39. The number of anilines is 1. The quantitative estimate of drug-likeness (QED) is 0.738. The first kappa shape index (κ1) is 19.0. The zero-order chi connectivity index (χ0) is 19.4. The second-order valence-corrected chi connectivity index (χ2v) is 7.17. The molecule has 1 aliphatic rings. The van der Waals surface area contributed by atoms with Gasteiger partial charge in [0.05, 0.1) is 7.11 Å². The van der Waals surface area contributed by atoms with E-state index < -0.39 is 5.41 Å². The second-order valence-electron chi connectivity index (χ2n) is 7.17. The van der Waals surface area contributed by atoms with E-state index in [1.807, 2.05) is 56.3 Å². The highest BCUT2D eigenvalue weighted by Crippen LogP contribution is 2.47. The van der Waals surface area contributed by atoms with Gasteiger partial charge in [-0.25, -0.2) is 0 Å². The monoisotopic (exact) mass is 366 g/mol. The Kier molecular flexibility index (Phi) is 5.49. The molecule has 2 N–H and O–H groups in total. The van der Waals surface area contributed by atoms with Crippen LogP contribution in [0, 0.1) is 19.3 Å². The van der Waals surface area contributed by atoms with Gasteiger partial charge in [0.2, 0.25) is 11.8 Å². The smallest absolute Gasteiger partial charge is 0.240 e. The maximum atomic E-state index is 12.7. The van der Waals surface area contributed by atoms with Crippen molar-refractivity contribution < 1.29 is 14.3 Å². The number of para-hydroxylation sites is 1. The number of benzene rings is 2. The van der Waals surface area contributed by atoms with Gasteiger partial charge in [-0.3, -0.25) is 9.59 Å². The fourth-order valence-electron chi connectivity index (χ4n) is 3.18. The SMILES string of the molecule is COc1ccccc1CCNC(=O)C1(C(=O)Nc2cc(C)ccc2C)CC1. The number of carbonyl (C=O) groups is 2. The molecular weight excluding hydrogens is 340 g/mol. The third kappa shape index (κ3) is 4.13. The maximum absolute atomic E-state index is 12.7. The summed E-state index contributed by atoms with van der Waals surface area (Å²) in [7, 11) is 1.63. The number of nitrogens with one attached hydrogen (secondary N) is 2. The molecule has 2 aromatic carbocycles. The first-order chi connectivity index (χ1) is 13.0. The van der Waals surface area contributed by atoms with Gasteiger partial charge in [-0.2, -0.15) is 0 Å². The Morgan fingerprint density at radius 2 is 1.81 bits per heavy atom. The summed E-state index contributed by atoms with van der Waals surface area (Å²) in [6, 6.07) is 13.6. The van der Waals surface area contributed by atoms with Crippen LogP contribution in [0.4, 0.5) is 5.69 Å². The normalized spacial score (nSPS) is 14.3. The lowest BCUT2D eigenvalue weighted by atomic mass is 10.0. The molecule has 2 amide bonds. The minimum absolute atomic E-state index is 0.194. The Morgan fingerprint density at radius 3 is 2.52 bits per heavy atom. The van der Waals surface area contributed by atoms with E-state index in [2.05, 4.69) is 10.6 Å². The van der Waals surface area contributed by atoms with Gasteiger partial charge in [0.15, 0.2) is 0 Å². The standard InChI is InChI=1S/C22H26N2O3/c1-15-8-9-16(2)18(14-15)24-21(26)22(11-12-22)20(25)23-13-10-17-6-4-5-7-19(17)27-3/h4-9,14H,10-13H2,1-3H3,(H,23,25)(H,24,26). The molecule has 0 spiro atoms. The van der Waals surface area contributed by atoms with Crippen molar-refractivity contribution in [2.45, 2.75) is 33.1 Å². The van der Waals surface area contributed by atoms with Crippen molar-refractivity contribution in [3.05, 3.63) is 59.2 Å². The molecule has 2 aromatic rings. The molecule has 5 heteroatoms. The number of ether oxygens (including phenoxy) is 1. The van der Waals surface area contributed by atoms with E-state index in [9.17, 15) is 9.59 Å². The van der Waals surface area contributed by atoms with Gasteiger partial charge >= 0.3 is 0 Å². The van der Waals surface area contributed by atoms with Crippen LogP contribution < -0.4 is 15.4 Å². The molecule has 0 aromatic heterocycles. The number of methoxy groups -OCH3 is 1. The fraction of sp³-hybridized carbons (Fsp3) is 0.364. The Hall–Kier alpha value is -2.82. The summed E-state index contributed by atoms with van der Waals surface area (Å²) in [5.41, 5.74) is 2.93. The summed E-state index contributed by atoms with van der Waals surface area (Å²) < 4.78 is 5.33. The van der Waals surface area contributed by atoms with Gasteiger partial charge in [0, 0.05) is 12.2 Å². The first-order valence-electron chi connectivity index (χ1n) is 9.25. The van der Waals surface area contributed by atoms with Gasteiger partial charge < -0.3 is 15.4 Å². The highest BCUT2D eigenvalue weighted by atomic mass is 16.5. The average molecular weight is 366 g/mol. The lowest BCUT2D eigenvalue weighted by molar-refractivity contribution is -0.134. The molecule has 0 atom stereocenters. The minimum Gasteiger partial charge on any atom is -0.496 e. The van der Waals surface area contributed by atoms with Crippen LogP contribution in [0.2, 0.25) is 0 Å². The molecule has 0 heterocycles. The third-order valence-corrected chi connectivity index (χ3v) is 5.13. The number of hydrogen-bond acceptors (Lipinski definition) is 3. The molecule has 0 unspecified atom stereocenters. The highest BCUT2D eigenvalue weighted by Gasteiger charge is 2.56. The largest absolute Gasteiger partial charge is 0.496 e. The van der Waals surface area contributed by atoms with Crippen LogP contribution in [-0.4, -0.2) is 25.5 Å². The van der Waals surface area contributed by atoms with Gasteiger partial charge in [-0.05, 0) is 61.9 Å². The molecule has 142 valence electrons. The first-order valence-corrected chi connectivity index (χ1v) is 9.25. The Balaban J connectivity index is 1.59. The molecule has 0 saturated heterocycles. The van der Waals surface area contributed by atoms with E-state index in [-0.39, 0.29) is 11.8 Å². The highest BCUT2D eigenvalue weighted by molar-refractivity contribution is 6.13. The number of carbonyl (C=O) groups excluding carboxylic acids is 2. The molecule has 5 nitrogen and oxygen atoms in total. The van der Waals surface area contributed by atoms with Crippen molar-refractivity contribution >= 4 is 17.5 Å². The summed E-state index contributed by atoms with van der Waals surface area (Å²) in [4.78, 5) is 25.4. The summed E-state index contributed by atoms with van der Waals surface area (Å²) >= 11 is 0. The molecule has 3 rings (SSSR count). The molecule has 0 bridgehead atoms. The number of aryl methyl sites for hydroxylation is 2. The third-order valence-electron chi connectivity index (χ3n) is 5.13. The molecular formula is C22H26N2O3. The van der Waals surface area contributed by atoms with Gasteiger partial charge in [0.1, 0.15) is 11.2 Å². The molecule has 1 saturated carbocycles. The number of amides is 2. The molecule has 27 heavy (non-hydrogen) atoms. The summed E-state index contributed by atoms with van der Waals surface area (Å²) in [6.07, 6.45) is 1.83. The summed E-state index contributed by atoms with van der Waals surface area (Å²) in [5.74, 6) is 0.395. The Morgan fingerprint density at radius 1 is 1.07 bits per heavy atom. The molecule has 1 aliphatic carbocycles. The molecule has 1 fully saturated rings. The van der Waals surface area contributed by atoms with Crippen LogP contribution in [0.15, 0.2) is 42.5 Å². The van der Waals surface area contributed by atoms with Crippen LogP contribution >= 0.6 is 0 Å². The van der Waals surface area contributed by atoms with E-state index >= 15 is 0 Å². The summed E-state index contributed by atoms with van der Waals surface area (Å²) in [6.45, 7) is 4.40. The number of rotatable bonds is 7. The van der Waals surface area contributed by atoms with Crippen LogP contribution in [0.25, 0.3) is 0 Å². The predicted molar refractivity (Wildman–Crippen MR) is 106 cm³/mol. The fourth-order valence-corrected chi connectivity index (χ4v) is 3.18. The Bertz CT molecular complexity index is 856. The van der Waals surface area contributed by atoms with Gasteiger partial charge in [-0.15, -0.1) is 0 Å². The zero-order valence-corrected chi connectivity index (χ0v) is 16.1. The molecule has 0 aliphatic heterocycles. The van der Waals surface area contributed by atoms with Crippen molar-refractivity contribution in [2.24, 2.45) is 5.41 Å².